The van der Waals surface area contributed by atoms with Crippen LogP contribution in [-0.2, 0) is 24.4 Å². The third-order valence-electron chi connectivity index (χ3n) is 2.63. The summed E-state index contributed by atoms with van der Waals surface area (Å²) in [5.41, 5.74) is 1.38. The summed E-state index contributed by atoms with van der Waals surface area (Å²) in [5, 5.41) is 25.2. The van der Waals surface area contributed by atoms with Crippen LogP contribution in [0.2, 0.25) is 0 Å². The van der Waals surface area contributed by atoms with Crippen LogP contribution in [0, 0.1) is 0 Å². The summed E-state index contributed by atoms with van der Waals surface area (Å²) >= 11 is 0. The highest BCUT2D eigenvalue weighted by Crippen LogP contribution is 2.00. The van der Waals surface area contributed by atoms with Crippen LogP contribution in [-0.4, -0.2) is 54.2 Å². The molecule has 0 fully saturated rings. The van der Waals surface area contributed by atoms with Gasteiger partial charge in [0, 0.05) is 18.8 Å². The first-order valence-electron chi connectivity index (χ1n) is 6.12. The van der Waals surface area contributed by atoms with Gasteiger partial charge < -0.3 is 15.3 Å². The molecule has 3 N–H and O–H groups in total. The number of amides is 2. The van der Waals surface area contributed by atoms with E-state index in [4.69, 9.17) is 5.11 Å². The van der Waals surface area contributed by atoms with E-state index in [-0.39, 0.29) is 19.1 Å². The van der Waals surface area contributed by atoms with Crippen LogP contribution in [0.1, 0.15) is 11.3 Å². The van der Waals surface area contributed by atoms with Crippen LogP contribution in [0.4, 0.5) is 4.79 Å². The zero-order chi connectivity index (χ0) is 15.2. The number of aliphatic carboxylic acids is 1. The number of aromatic nitrogens is 5. The van der Waals surface area contributed by atoms with Crippen LogP contribution < -0.4 is 5.32 Å². The molecule has 0 saturated carbocycles. The molecular formula is C11H15N7O3. The molecule has 2 aromatic rings. The Bertz CT molecular complexity index is 607. The molecule has 0 aromatic carbocycles. The molecule has 0 aliphatic rings. The van der Waals surface area contributed by atoms with Crippen molar-refractivity contribution in [1.82, 2.24) is 35.4 Å². The van der Waals surface area contributed by atoms with Crippen molar-refractivity contribution in [3.8, 4) is 0 Å². The Hall–Kier alpha value is -2.91. The minimum Gasteiger partial charge on any atom is -0.480 e. The van der Waals surface area contributed by atoms with Gasteiger partial charge in [-0.3, -0.25) is 9.89 Å². The second kappa shape index (κ2) is 6.50. The minimum atomic E-state index is -1.00. The number of carbonyl (C=O) groups excluding carboxylic acids is 1. The number of rotatable bonds is 6. The molecule has 112 valence electrons. The first-order chi connectivity index (χ1) is 10.0. The Morgan fingerprint density at radius 2 is 2.33 bits per heavy atom. The molecule has 21 heavy (non-hydrogen) atoms. The topological polar surface area (TPSA) is 129 Å². The third-order valence-corrected chi connectivity index (χ3v) is 2.63. The average molecular weight is 293 g/mol. The Labute approximate surface area is 119 Å². The van der Waals surface area contributed by atoms with Crippen molar-refractivity contribution in [3.63, 3.8) is 0 Å². The number of urea groups is 1. The number of carbonyl (C=O) groups is 2. The molecule has 0 saturated heterocycles. The Kier molecular flexibility index (Phi) is 4.49. The van der Waals surface area contributed by atoms with E-state index in [9.17, 15) is 9.59 Å². The van der Waals surface area contributed by atoms with Crippen molar-refractivity contribution >= 4 is 12.0 Å². The van der Waals surface area contributed by atoms with Crippen LogP contribution >= 0.6 is 0 Å². The van der Waals surface area contributed by atoms with Gasteiger partial charge in [0.25, 0.3) is 0 Å². The molecule has 0 radical (unpaired) electrons. The number of nitrogens with one attached hydrogen (secondary N) is 2. The van der Waals surface area contributed by atoms with Gasteiger partial charge in [0.2, 0.25) is 0 Å². The lowest BCUT2D eigenvalue weighted by Crippen LogP contribution is -2.36. The number of hydrogen-bond donors (Lipinski definition) is 3. The van der Waals surface area contributed by atoms with Crippen molar-refractivity contribution < 1.29 is 14.7 Å². The van der Waals surface area contributed by atoms with E-state index in [1.165, 1.54) is 15.8 Å². The lowest BCUT2D eigenvalue weighted by atomic mass is 10.3. The maximum absolute atomic E-state index is 11.9. The van der Waals surface area contributed by atoms with Gasteiger partial charge in [-0.05, 0) is 0 Å². The predicted octanol–water partition coefficient (Wildman–Crippen LogP) is -0.573. The lowest BCUT2D eigenvalue weighted by Gasteiger charge is -2.16. The molecule has 2 heterocycles. The molecule has 10 nitrogen and oxygen atoms in total. The number of nitrogens with zero attached hydrogens (tertiary/aromatic N) is 5. The molecule has 0 unspecified atom stereocenters. The normalized spacial score (nSPS) is 10.3. The standard InChI is InChI=1S/C11H15N7O3/c1-17(5-8-2-13-14-3-8)11(21)12-4-9-6-18(16-15-9)7-10(19)20/h2-3,6H,4-5,7H2,1H3,(H,12,21)(H,13,14)(H,19,20). The van der Waals surface area contributed by atoms with Crippen molar-refractivity contribution in [3.05, 3.63) is 29.8 Å². The summed E-state index contributed by atoms with van der Waals surface area (Å²) in [7, 11) is 1.66. The Balaban J connectivity index is 1.80. The quantitative estimate of drug-likeness (QED) is 0.654. The second-order valence-electron chi connectivity index (χ2n) is 4.42. The number of hydrogen-bond acceptors (Lipinski definition) is 5. The van der Waals surface area contributed by atoms with E-state index in [2.05, 4.69) is 25.8 Å². The van der Waals surface area contributed by atoms with Gasteiger partial charge >= 0.3 is 12.0 Å². The van der Waals surface area contributed by atoms with Gasteiger partial charge in [-0.25, -0.2) is 9.48 Å². The van der Waals surface area contributed by atoms with E-state index in [1.54, 1.807) is 19.4 Å². The third kappa shape index (κ3) is 4.30. The van der Waals surface area contributed by atoms with Crippen molar-refractivity contribution in [2.45, 2.75) is 19.6 Å². The molecule has 0 bridgehead atoms. The number of H-pyrrole nitrogens is 1. The number of aromatic amines is 1. The van der Waals surface area contributed by atoms with E-state index in [0.717, 1.165) is 5.56 Å². The highest BCUT2D eigenvalue weighted by atomic mass is 16.4. The number of carboxylic acids is 1. The van der Waals surface area contributed by atoms with Crippen LogP contribution in [0.3, 0.4) is 0 Å². The molecular weight excluding hydrogens is 278 g/mol. The van der Waals surface area contributed by atoms with Gasteiger partial charge in [0.1, 0.15) is 12.2 Å². The SMILES string of the molecule is CN(Cc1cn[nH]c1)C(=O)NCc1cn(CC(=O)O)nn1. The summed E-state index contributed by atoms with van der Waals surface area (Å²) in [6.45, 7) is 0.337. The van der Waals surface area contributed by atoms with E-state index >= 15 is 0 Å². The fourth-order valence-electron chi connectivity index (χ4n) is 1.65. The first-order valence-corrected chi connectivity index (χ1v) is 6.12. The van der Waals surface area contributed by atoms with Crippen LogP contribution in [0.5, 0.6) is 0 Å². The summed E-state index contributed by atoms with van der Waals surface area (Å²) in [5.74, 6) is -1.00. The van der Waals surface area contributed by atoms with Crippen LogP contribution in [0.15, 0.2) is 18.6 Å². The molecule has 0 spiro atoms. The van der Waals surface area contributed by atoms with Crippen molar-refractivity contribution in [1.29, 1.82) is 0 Å². The molecule has 2 amide bonds. The fraction of sp³-hybridized carbons (Fsp3) is 0.364. The number of carboxylic acid groups (broad SMARTS) is 1. The van der Waals surface area contributed by atoms with Gasteiger partial charge in [-0.15, -0.1) is 5.10 Å². The zero-order valence-corrected chi connectivity index (χ0v) is 11.4. The smallest absolute Gasteiger partial charge is 0.325 e. The molecule has 0 atom stereocenters. The second-order valence-corrected chi connectivity index (χ2v) is 4.42. The molecule has 0 aliphatic heterocycles. The zero-order valence-electron chi connectivity index (χ0n) is 11.4. The molecule has 2 aromatic heterocycles. The largest absolute Gasteiger partial charge is 0.480 e. The predicted molar refractivity (Wildman–Crippen MR) is 69.9 cm³/mol. The van der Waals surface area contributed by atoms with Crippen molar-refractivity contribution in [2.24, 2.45) is 0 Å². The van der Waals surface area contributed by atoms with Gasteiger partial charge in [-0.1, -0.05) is 5.21 Å². The van der Waals surface area contributed by atoms with Crippen LogP contribution in [0.25, 0.3) is 0 Å². The minimum absolute atomic E-state index is 0.175. The fourth-order valence-corrected chi connectivity index (χ4v) is 1.65. The summed E-state index contributed by atoms with van der Waals surface area (Å²) in [6.07, 6.45) is 4.83. The van der Waals surface area contributed by atoms with Crippen molar-refractivity contribution in [2.75, 3.05) is 7.05 Å². The van der Waals surface area contributed by atoms with Gasteiger partial charge in [0.05, 0.1) is 25.5 Å². The average Bonchev–Trinajstić information content (AvgIpc) is 3.07. The summed E-state index contributed by atoms with van der Waals surface area (Å²) in [4.78, 5) is 23.9. The van der Waals surface area contributed by atoms with E-state index in [0.29, 0.717) is 12.2 Å². The first kappa shape index (κ1) is 14.5. The Morgan fingerprint density at radius 3 is 3.00 bits per heavy atom. The maximum atomic E-state index is 11.9. The summed E-state index contributed by atoms with van der Waals surface area (Å²) < 4.78 is 1.19. The highest BCUT2D eigenvalue weighted by molar-refractivity contribution is 5.73. The molecule has 10 heteroatoms. The lowest BCUT2D eigenvalue weighted by molar-refractivity contribution is -0.137. The van der Waals surface area contributed by atoms with E-state index in [1.807, 2.05) is 0 Å². The summed E-state index contributed by atoms with van der Waals surface area (Å²) in [6, 6.07) is -0.274. The molecule has 0 aliphatic carbocycles. The van der Waals surface area contributed by atoms with Gasteiger partial charge in [-0.2, -0.15) is 5.10 Å². The maximum Gasteiger partial charge on any atom is 0.325 e. The highest BCUT2D eigenvalue weighted by Gasteiger charge is 2.10. The van der Waals surface area contributed by atoms with E-state index < -0.39 is 5.97 Å². The molecule has 2 rings (SSSR count). The Morgan fingerprint density at radius 1 is 1.52 bits per heavy atom. The van der Waals surface area contributed by atoms with Gasteiger partial charge in [0.15, 0.2) is 0 Å². The monoisotopic (exact) mass is 293 g/mol.